The first kappa shape index (κ1) is 26.8. The van der Waals surface area contributed by atoms with Crippen LogP contribution >= 0.6 is 0 Å². The van der Waals surface area contributed by atoms with Crippen molar-refractivity contribution in [3.8, 4) is 0 Å². The molecular weight excluding hydrogens is 438 g/mol. The van der Waals surface area contributed by atoms with Gasteiger partial charge in [0.1, 0.15) is 12.2 Å². The molecule has 0 saturated heterocycles. The third-order valence-corrected chi connectivity index (χ3v) is 4.59. The number of hydrogen-bond acceptors (Lipinski definition) is 7. The highest BCUT2D eigenvalue weighted by molar-refractivity contribution is 5.89. The number of carbonyl (C=O) groups excluding carboxylic acids is 3. The van der Waals surface area contributed by atoms with Crippen LogP contribution < -0.4 is 11.1 Å². The summed E-state index contributed by atoms with van der Waals surface area (Å²) in [4.78, 5) is 38.7. The van der Waals surface area contributed by atoms with Gasteiger partial charge in [-0.2, -0.15) is 0 Å². The minimum absolute atomic E-state index is 0.0363. The Morgan fingerprint density at radius 1 is 0.941 bits per heavy atom. The topological polar surface area (TPSA) is 120 Å². The number of benzene rings is 2. The molecule has 34 heavy (non-hydrogen) atoms. The second-order valence-electron chi connectivity index (χ2n) is 8.69. The van der Waals surface area contributed by atoms with E-state index in [9.17, 15) is 14.4 Å². The van der Waals surface area contributed by atoms with Crippen LogP contribution in [0.15, 0.2) is 60.7 Å². The van der Waals surface area contributed by atoms with E-state index in [2.05, 4.69) is 5.32 Å². The van der Waals surface area contributed by atoms with E-state index < -0.39 is 35.8 Å². The third kappa shape index (κ3) is 9.21. The Labute approximate surface area is 200 Å². The summed E-state index contributed by atoms with van der Waals surface area (Å²) in [6, 6.07) is 17.4. The van der Waals surface area contributed by atoms with Gasteiger partial charge in [0.25, 0.3) is 5.91 Å². The van der Waals surface area contributed by atoms with Crippen LogP contribution in [-0.4, -0.2) is 54.3 Å². The molecule has 2 atom stereocenters. The van der Waals surface area contributed by atoms with Gasteiger partial charge in [0, 0.05) is 7.05 Å². The highest BCUT2D eigenvalue weighted by Crippen LogP contribution is 2.10. The van der Waals surface area contributed by atoms with Crippen LogP contribution in [0.2, 0.25) is 0 Å². The van der Waals surface area contributed by atoms with Gasteiger partial charge in [-0.15, -0.1) is 0 Å². The van der Waals surface area contributed by atoms with Crippen LogP contribution in [0.4, 0.5) is 4.79 Å². The summed E-state index contributed by atoms with van der Waals surface area (Å²) in [5.41, 5.74) is 6.89. The molecule has 2 aromatic rings. The molecule has 3 N–H and O–H groups in total. The SMILES string of the molecule is CN(C(=O)OC(C)(C)C)[C@@H](N)C(=O)N[C@@H](COCc1ccccc1)C(=O)OCc1ccccc1. The predicted molar refractivity (Wildman–Crippen MR) is 126 cm³/mol. The zero-order valence-corrected chi connectivity index (χ0v) is 20.0. The number of amides is 2. The second kappa shape index (κ2) is 12.7. The number of nitrogens with one attached hydrogen (secondary N) is 1. The Kier molecular flexibility index (Phi) is 10.0. The first-order valence-corrected chi connectivity index (χ1v) is 10.9. The van der Waals surface area contributed by atoms with Crippen LogP contribution in [0, 0.1) is 0 Å². The fourth-order valence-corrected chi connectivity index (χ4v) is 2.75. The van der Waals surface area contributed by atoms with Gasteiger partial charge in [-0.3, -0.25) is 9.69 Å². The Balaban J connectivity index is 2.01. The van der Waals surface area contributed by atoms with Crippen LogP contribution in [0.5, 0.6) is 0 Å². The lowest BCUT2D eigenvalue weighted by Gasteiger charge is -2.28. The number of nitrogens with two attached hydrogens (primary N) is 1. The van der Waals surface area contributed by atoms with Gasteiger partial charge in [-0.05, 0) is 31.9 Å². The van der Waals surface area contributed by atoms with Gasteiger partial charge >= 0.3 is 12.1 Å². The molecule has 0 unspecified atom stereocenters. The number of likely N-dealkylation sites (N-methyl/N-ethyl adjacent to an activating group) is 1. The maximum absolute atomic E-state index is 12.7. The van der Waals surface area contributed by atoms with Gasteiger partial charge in [0.05, 0.1) is 13.2 Å². The molecule has 2 amide bonds. The molecule has 9 heteroatoms. The molecule has 0 fully saturated rings. The van der Waals surface area contributed by atoms with Gasteiger partial charge in [-0.1, -0.05) is 60.7 Å². The molecule has 2 rings (SSSR count). The maximum Gasteiger partial charge on any atom is 0.411 e. The summed E-state index contributed by atoms with van der Waals surface area (Å²) in [6.07, 6.45) is -2.15. The summed E-state index contributed by atoms with van der Waals surface area (Å²) in [5, 5.41) is 2.52. The number of ether oxygens (including phenoxy) is 3. The van der Waals surface area contributed by atoms with Crippen molar-refractivity contribution in [2.24, 2.45) is 5.73 Å². The number of carbonyl (C=O) groups is 3. The van der Waals surface area contributed by atoms with Crippen molar-refractivity contribution in [3.63, 3.8) is 0 Å². The first-order valence-electron chi connectivity index (χ1n) is 10.9. The van der Waals surface area contributed by atoms with Crippen molar-refractivity contribution in [1.82, 2.24) is 10.2 Å². The Hall–Kier alpha value is -3.43. The number of rotatable bonds is 10. The van der Waals surface area contributed by atoms with Crippen molar-refractivity contribution < 1.29 is 28.6 Å². The monoisotopic (exact) mass is 471 g/mol. The molecule has 0 bridgehead atoms. The van der Waals surface area contributed by atoms with E-state index in [0.29, 0.717) is 0 Å². The van der Waals surface area contributed by atoms with Crippen molar-refractivity contribution in [3.05, 3.63) is 71.8 Å². The fourth-order valence-electron chi connectivity index (χ4n) is 2.75. The summed E-state index contributed by atoms with van der Waals surface area (Å²) in [7, 11) is 1.34. The molecule has 184 valence electrons. The standard InChI is InChI=1S/C25H33N3O6/c1-25(2,3)34-24(31)28(4)21(26)22(29)27-20(17-32-15-18-11-7-5-8-12-18)23(30)33-16-19-13-9-6-10-14-19/h5-14,20-21H,15-17,26H2,1-4H3,(H,27,29)/t20-,21+/m0/s1. The maximum atomic E-state index is 12.7. The smallest absolute Gasteiger partial charge is 0.411 e. The minimum Gasteiger partial charge on any atom is -0.459 e. The fraction of sp³-hybridized carbons (Fsp3) is 0.400. The number of nitrogens with zero attached hydrogens (tertiary/aromatic N) is 1. The molecule has 0 aliphatic heterocycles. The van der Waals surface area contributed by atoms with E-state index in [0.717, 1.165) is 16.0 Å². The van der Waals surface area contributed by atoms with E-state index in [1.807, 2.05) is 60.7 Å². The van der Waals surface area contributed by atoms with Crippen LogP contribution in [0.25, 0.3) is 0 Å². The summed E-state index contributed by atoms with van der Waals surface area (Å²) in [6.45, 7) is 5.24. The van der Waals surface area contributed by atoms with Crippen LogP contribution in [0.1, 0.15) is 31.9 Å². The minimum atomic E-state index is -1.38. The lowest BCUT2D eigenvalue weighted by molar-refractivity contribution is -0.151. The second-order valence-corrected chi connectivity index (χ2v) is 8.69. The Bertz CT molecular complexity index is 931. The molecule has 0 aromatic heterocycles. The van der Waals surface area contributed by atoms with E-state index >= 15 is 0 Å². The number of hydrogen-bond donors (Lipinski definition) is 2. The van der Waals surface area contributed by atoms with E-state index in [-0.39, 0.29) is 19.8 Å². The van der Waals surface area contributed by atoms with Crippen molar-refractivity contribution >= 4 is 18.0 Å². The Morgan fingerprint density at radius 3 is 2.00 bits per heavy atom. The predicted octanol–water partition coefficient (Wildman–Crippen LogP) is 2.58. The van der Waals surface area contributed by atoms with Gasteiger partial charge in [0.15, 0.2) is 12.2 Å². The molecule has 0 radical (unpaired) electrons. The van der Waals surface area contributed by atoms with Gasteiger partial charge < -0.3 is 25.3 Å². The molecule has 0 saturated carbocycles. The Morgan fingerprint density at radius 2 is 1.47 bits per heavy atom. The van der Waals surface area contributed by atoms with E-state index in [4.69, 9.17) is 19.9 Å². The average molecular weight is 472 g/mol. The van der Waals surface area contributed by atoms with Crippen molar-refractivity contribution in [1.29, 1.82) is 0 Å². The molecule has 0 aliphatic rings. The number of esters is 1. The van der Waals surface area contributed by atoms with Gasteiger partial charge in [-0.25, -0.2) is 9.59 Å². The molecular formula is C25H33N3O6. The molecule has 9 nitrogen and oxygen atoms in total. The molecule has 0 spiro atoms. The zero-order valence-electron chi connectivity index (χ0n) is 20.0. The summed E-state index contributed by atoms with van der Waals surface area (Å²) >= 11 is 0. The van der Waals surface area contributed by atoms with Crippen molar-refractivity contribution in [2.75, 3.05) is 13.7 Å². The molecule has 2 aromatic carbocycles. The summed E-state index contributed by atoms with van der Waals surface area (Å²) < 4.78 is 16.3. The quantitative estimate of drug-likeness (QED) is 0.404. The van der Waals surface area contributed by atoms with Gasteiger partial charge in [0.2, 0.25) is 0 Å². The largest absolute Gasteiger partial charge is 0.459 e. The van der Waals surface area contributed by atoms with E-state index in [1.54, 1.807) is 20.8 Å². The highest BCUT2D eigenvalue weighted by Gasteiger charge is 2.31. The summed E-state index contributed by atoms with van der Waals surface area (Å²) in [5.74, 6) is -1.43. The van der Waals surface area contributed by atoms with Crippen LogP contribution in [0.3, 0.4) is 0 Å². The lowest BCUT2D eigenvalue weighted by atomic mass is 10.2. The van der Waals surface area contributed by atoms with Crippen molar-refractivity contribution in [2.45, 2.75) is 51.8 Å². The average Bonchev–Trinajstić information content (AvgIpc) is 2.81. The molecule has 0 aliphatic carbocycles. The normalized spacial score (nSPS) is 12.9. The van der Waals surface area contributed by atoms with Crippen LogP contribution in [-0.2, 0) is 37.0 Å². The molecule has 0 heterocycles. The first-order chi connectivity index (χ1) is 16.1. The zero-order chi connectivity index (χ0) is 25.1. The van der Waals surface area contributed by atoms with E-state index in [1.165, 1.54) is 7.05 Å². The third-order valence-electron chi connectivity index (χ3n) is 4.59. The lowest BCUT2D eigenvalue weighted by Crippen LogP contribution is -2.57. The highest BCUT2D eigenvalue weighted by atomic mass is 16.6.